The largest absolute Gasteiger partial charge is 0.497 e. The SMILES string of the molecule is COc1cccc(CC(NN)c2cc(F)ccc2C)c1. The molecule has 0 heterocycles. The highest BCUT2D eigenvalue weighted by atomic mass is 19.1. The van der Waals surface area contributed by atoms with E-state index in [9.17, 15) is 4.39 Å². The first kappa shape index (κ1) is 14.5. The van der Waals surface area contributed by atoms with E-state index in [1.165, 1.54) is 12.1 Å². The molecule has 0 saturated carbocycles. The van der Waals surface area contributed by atoms with Crippen LogP contribution in [-0.2, 0) is 6.42 Å². The Bertz CT molecular complexity index is 586. The fraction of sp³-hybridized carbons (Fsp3) is 0.250. The van der Waals surface area contributed by atoms with E-state index in [1.807, 2.05) is 31.2 Å². The third kappa shape index (κ3) is 3.35. The maximum atomic E-state index is 13.4. The van der Waals surface area contributed by atoms with Crippen molar-refractivity contribution >= 4 is 0 Å². The van der Waals surface area contributed by atoms with Gasteiger partial charge in [0.1, 0.15) is 11.6 Å². The minimum Gasteiger partial charge on any atom is -0.497 e. The highest BCUT2D eigenvalue weighted by Crippen LogP contribution is 2.23. The molecule has 0 aliphatic rings. The zero-order valence-electron chi connectivity index (χ0n) is 11.7. The lowest BCUT2D eigenvalue weighted by molar-refractivity contribution is 0.414. The Labute approximate surface area is 118 Å². The smallest absolute Gasteiger partial charge is 0.123 e. The lowest BCUT2D eigenvalue weighted by atomic mass is 9.95. The fourth-order valence-electron chi connectivity index (χ4n) is 2.28. The lowest BCUT2D eigenvalue weighted by Crippen LogP contribution is -2.30. The number of aryl methyl sites for hydroxylation is 1. The van der Waals surface area contributed by atoms with Crippen molar-refractivity contribution in [2.45, 2.75) is 19.4 Å². The number of rotatable bonds is 5. The second kappa shape index (κ2) is 6.50. The van der Waals surface area contributed by atoms with Gasteiger partial charge in [0.2, 0.25) is 0 Å². The standard InChI is InChI=1S/C16H19FN2O/c1-11-6-7-13(17)10-15(11)16(19-18)9-12-4-3-5-14(8-12)20-2/h3-8,10,16,19H,9,18H2,1-2H3. The molecule has 0 spiro atoms. The quantitative estimate of drug-likeness (QED) is 0.651. The number of hydrogen-bond donors (Lipinski definition) is 2. The summed E-state index contributed by atoms with van der Waals surface area (Å²) in [5.41, 5.74) is 5.73. The van der Waals surface area contributed by atoms with Crippen LogP contribution in [0.25, 0.3) is 0 Å². The minimum absolute atomic E-state index is 0.141. The first-order valence-electron chi connectivity index (χ1n) is 6.49. The normalized spacial score (nSPS) is 12.2. The second-order valence-corrected chi connectivity index (χ2v) is 4.78. The molecule has 0 aromatic heterocycles. The van der Waals surface area contributed by atoms with E-state index in [0.29, 0.717) is 6.42 Å². The van der Waals surface area contributed by atoms with Gasteiger partial charge in [-0.2, -0.15) is 0 Å². The number of benzene rings is 2. The molecule has 3 N–H and O–H groups in total. The van der Waals surface area contributed by atoms with Crippen LogP contribution in [0.4, 0.5) is 4.39 Å². The molecular weight excluding hydrogens is 255 g/mol. The number of hydrazine groups is 1. The Hall–Kier alpha value is -1.91. The Morgan fingerprint density at radius 2 is 2.05 bits per heavy atom. The molecule has 0 bridgehead atoms. The molecule has 1 atom stereocenters. The lowest BCUT2D eigenvalue weighted by Gasteiger charge is -2.19. The summed E-state index contributed by atoms with van der Waals surface area (Å²) < 4.78 is 18.6. The third-order valence-corrected chi connectivity index (χ3v) is 3.39. The van der Waals surface area contributed by atoms with Crippen LogP contribution in [0.1, 0.15) is 22.7 Å². The summed E-state index contributed by atoms with van der Waals surface area (Å²) in [6.07, 6.45) is 0.665. The van der Waals surface area contributed by atoms with Crippen LogP contribution in [0.3, 0.4) is 0 Å². The molecule has 4 heteroatoms. The summed E-state index contributed by atoms with van der Waals surface area (Å²) in [6.45, 7) is 1.95. The minimum atomic E-state index is -0.253. The van der Waals surface area contributed by atoms with E-state index < -0.39 is 0 Å². The molecule has 3 nitrogen and oxygen atoms in total. The molecule has 2 aromatic rings. The number of ether oxygens (including phenoxy) is 1. The first-order valence-corrected chi connectivity index (χ1v) is 6.49. The first-order chi connectivity index (χ1) is 9.63. The molecule has 0 fully saturated rings. The van der Waals surface area contributed by atoms with Gasteiger partial charge in [-0.25, -0.2) is 4.39 Å². The maximum Gasteiger partial charge on any atom is 0.123 e. The number of methoxy groups -OCH3 is 1. The molecule has 2 rings (SSSR count). The Morgan fingerprint density at radius 1 is 1.25 bits per heavy atom. The zero-order chi connectivity index (χ0) is 14.5. The van der Waals surface area contributed by atoms with Crippen molar-refractivity contribution in [2.24, 2.45) is 5.84 Å². The fourth-order valence-corrected chi connectivity index (χ4v) is 2.28. The summed E-state index contributed by atoms with van der Waals surface area (Å²) in [4.78, 5) is 0. The Balaban J connectivity index is 2.26. The Morgan fingerprint density at radius 3 is 2.75 bits per heavy atom. The third-order valence-electron chi connectivity index (χ3n) is 3.39. The van der Waals surface area contributed by atoms with Gasteiger partial charge in [0.15, 0.2) is 0 Å². The molecule has 0 aliphatic carbocycles. The van der Waals surface area contributed by atoms with E-state index in [0.717, 1.165) is 22.4 Å². The van der Waals surface area contributed by atoms with Crippen LogP contribution >= 0.6 is 0 Å². The highest BCUT2D eigenvalue weighted by Gasteiger charge is 2.14. The molecule has 0 amide bonds. The van der Waals surface area contributed by atoms with E-state index in [4.69, 9.17) is 10.6 Å². The van der Waals surface area contributed by atoms with Crippen LogP contribution in [0.15, 0.2) is 42.5 Å². The zero-order valence-corrected chi connectivity index (χ0v) is 11.7. The predicted octanol–water partition coefficient (Wildman–Crippen LogP) is 2.89. The van der Waals surface area contributed by atoms with Gasteiger partial charge < -0.3 is 4.74 Å². The van der Waals surface area contributed by atoms with Gasteiger partial charge in [-0.15, -0.1) is 0 Å². The average Bonchev–Trinajstić information content (AvgIpc) is 2.47. The van der Waals surface area contributed by atoms with E-state index >= 15 is 0 Å². The van der Waals surface area contributed by atoms with Gasteiger partial charge in [-0.3, -0.25) is 11.3 Å². The van der Waals surface area contributed by atoms with E-state index in [-0.39, 0.29) is 11.9 Å². The summed E-state index contributed by atoms with van der Waals surface area (Å²) in [6, 6.07) is 12.4. The number of nitrogens with two attached hydrogens (primary N) is 1. The van der Waals surface area contributed by atoms with Crippen LogP contribution in [0.5, 0.6) is 5.75 Å². The van der Waals surface area contributed by atoms with Crippen LogP contribution in [0, 0.1) is 12.7 Å². The summed E-state index contributed by atoms with van der Waals surface area (Å²) >= 11 is 0. The molecule has 106 valence electrons. The monoisotopic (exact) mass is 274 g/mol. The predicted molar refractivity (Wildman–Crippen MR) is 77.9 cm³/mol. The summed E-state index contributed by atoms with van der Waals surface area (Å²) in [5, 5.41) is 0. The second-order valence-electron chi connectivity index (χ2n) is 4.78. The van der Waals surface area contributed by atoms with Crippen molar-refractivity contribution in [2.75, 3.05) is 7.11 Å². The van der Waals surface area contributed by atoms with Crippen molar-refractivity contribution in [3.05, 3.63) is 65.0 Å². The summed E-state index contributed by atoms with van der Waals surface area (Å²) in [5.74, 6) is 6.19. The van der Waals surface area contributed by atoms with Gasteiger partial charge in [0, 0.05) is 0 Å². The molecule has 0 radical (unpaired) electrons. The van der Waals surface area contributed by atoms with Crippen LogP contribution < -0.4 is 16.0 Å². The van der Waals surface area contributed by atoms with Gasteiger partial charge >= 0.3 is 0 Å². The molecule has 0 saturated heterocycles. The Kier molecular flexibility index (Phi) is 4.71. The molecule has 0 aliphatic heterocycles. The topological polar surface area (TPSA) is 47.3 Å². The van der Waals surface area contributed by atoms with E-state index in [1.54, 1.807) is 13.2 Å². The van der Waals surface area contributed by atoms with Crippen molar-refractivity contribution in [3.63, 3.8) is 0 Å². The molecule has 2 aromatic carbocycles. The maximum absolute atomic E-state index is 13.4. The average molecular weight is 274 g/mol. The number of hydrogen-bond acceptors (Lipinski definition) is 3. The van der Waals surface area contributed by atoms with Crippen molar-refractivity contribution < 1.29 is 9.13 Å². The van der Waals surface area contributed by atoms with Gasteiger partial charge in [-0.05, 0) is 54.3 Å². The molecule has 20 heavy (non-hydrogen) atoms. The van der Waals surface area contributed by atoms with Gasteiger partial charge in [0.05, 0.1) is 13.2 Å². The molecule has 1 unspecified atom stereocenters. The van der Waals surface area contributed by atoms with E-state index in [2.05, 4.69) is 5.43 Å². The molecular formula is C16H19FN2O. The summed E-state index contributed by atoms with van der Waals surface area (Å²) in [7, 11) is 1.63. The van der Waals surface area contributed by atoms with Crippen LogP contribution in [0.2, 0.25) is 0 Å². The van der Waals surface area contributed by atoms with Gasteiger partial charge in [0.25, 0.3) is 0 Å². The van der Waals surface area contributed by atoms with Crippen molar-refractivity contribution in [3.8, 4) is 5.75 Å². The van der Waals surface area contributed by atoms with Crippen molar-refractivity contribution in [1.82, 2.24) is 5.43 Å². The number of nitrogens with one attached hydrogen (secondary N) is 1. The van der Waals surface area contributed by atoms with Crippen molar-refractivity contribution in [1.29, 1.82) is 0 Å². The van der Waals surface area contributed by atoms with Gasteiger partial charge in [-0.1, -0.05) is 18.2 Å². The highest BCUT2D eigenvalue weighted by molar-refractivity contribution is 5.33. The number of halogens is 1. The van der Waals surface area contributed by atoms with Crippen LogP contribution in [-0.4, -0.2) is 7.11 Å².